The molecule has 1 aromatic carbocycles. The predicted molar refractivity (Wildman–Crippen MR) is 98.7 cm³/mol. The molecule has 3 heterocycles. The van der Waals surface area contributed by atoms with E-state index in [1.165, 1.54) is 5.56 Å². The average molecular weight is 352 g/mol. The number of ether oxygens (including phenoxy) is 1. The highest BCUT2D eigenvalue weighted by Gasteiger charge is 2.25. The highest BCUT2D eigenvalue weighted by molar-refractivity contribution is 5.94. The molecule has 0 saturated carbocycles. The van der Waals surface area contributed by atoms with Gasteiger partial charge < -0.3 is 9.64 Å². The summed E-state index contributed by atoms with van der Waals surface area (Å²) in [5.74, 6) is 0.900. The van der Waals surface area contributed by atoms with Gasteiger partial charge in [-0.1, -0.05) is 12.1 Å². The number of aromatic nitrogens is 1. The van der Waals surface area contributed by atoms with Gasteiger partial charge in [-0.2, -0.15) is 0 Å². The van der Waals surface area contributed by atoms with Gasteiger partial charge in [-0.15, -0.1) is 0 Å². The van der Waals surface area contributed by atoms with E-state index in [1.54, 1.807) is 12.4 Å². The van der Waals surface area contributed by atoms with Crippen molar-refractivity contribution in [3.63, 3.8) is 0 Å². The maximum Gasteiger partial charge on any atom is 0.253 e. The number of pyridine rings is 1. The second-order valence-corrected chi connectivity index (χ2v) is 6.83. The first-order valence-electron chi connectivity index (χ1n) is 9.24. The number of amides is 1. The Balaban J connectivity index is 1.31. The Labute approximate surface area is 153 Å². The minimum Gasteiger partial charge on any atom is -0.489 e. The molecule has 2 aliphatic heterocycles. The van der Waals surface area contributed by atoms with E-state index < -0.39 is 0 Å². The van der Waals surface area contributed by atoms with Crippen molar-refractivity contribution in [2.45, 2.75) is 31.4 Å². The summed E-state index contributed by atoms with van der Waals surface area (Å²) in [6.45, 7) is 2.42. The molecule has 2 N–H and O–H groups in total. The van der Waals surface area contributed by atoms with Crippen LogP contribution < -0.4 is 15.6 Å². The molecule has 2 fully saturated rings. The molecule has 26 heavy (non-hydrogen) atoms. The summed E-state index contributed by atoms with van der Waals surface area (Å²) in [4.78, 5) is 18.7. The zero-order chi connectivity index (χ0) is 17.8. The van der Waals surface area contributed by atoms with Crippen molar-refractivity contribution in [1.29, 1.82) is 0 Å². The molecule has 136 valence electrons. The quantitative estimate of drug-likeness (QED) is 0.884. The molecule has 0 bridgehead atoms. The molecule has 1 atom stereocenters. The minimum absolute atomic E-state index is 0.105. The smallest absolute Gasteiger partial charge is 0.253 e. The van der Waals surface area contributed by atoms with Crippen molar-refractivity contribution in [2.24, 2.45) is 0 Å². The number of piperidine rings is 1. The van der Waals surface area contributed by atoms with Crippen molar-refractivity contribution in [2.75, 3.05) is 19.6 Å². The molecular formula is C20H24N4O2. The van der Waals surface area contributed by atoms with E-state index in [1.807, 2.05) is 29.2 Å². The number of nitrogens with zero attached hydrogens (tertiary/aromatic N) is 2. The fraction of sp³-hybridized carbons (Fsp3) is 0.400. The lowest BCUT2D eigenvalue weighted by Crippen LogP contribution is -2.41. The second kappa shape index (κ2) is 7.85. The number of hydrazine groups is 1. The molecule has 1 aromatic heterocycles. The monoisotopic (exact) mass is 352 g/mol. The third-order valence-corrected chi connectivity index (χ3v) is 5.06. The summed E-state index contributed by atoms with van der Waals surface area (Å²) in [6, 6.07) is 12.1. The van der Waals surface area contributed by atoms with E-state index in [0.717, 1.165) is 50.2 Å². The van der Waals surface area contributed by atoms with Gasteiger partial charge in [-0.05, 0) is 36.2 Å². The molecule has 2 aromatic rings. The van der Waals surface area contributed by atoms with Gasteiger partial charge in [0.25, 0.3) is 5.91 Å². The van der Waals surface area contributed by atoms with Crippen LogP contribution in [0.25, 0.3) is 0 Å². The Morgan fingerprint density at radius 1 is 1.12 bits per heavy atom. The van der Waals surface area contributed by atoms with Crippen LogP contribution in [0.3, 0.4) is 0 Å². The highest BCUT2D eigenvalue weighted by atomic mass is 16.5. The van der Waals surface area contributed by atoms with Crippen LogP contribution in [0.1, 0.15) is 41.2 Å². The highest BCUT2D eigenvalue weighted by Crippen LogP contribution is 2.22. The van der Waals surface area contributed by atoms with Crippen LogP contribution in [0.2, 0.25) is 0 Å². The minimum atomic E-state index is 0.105. The number of rotatable bonds is 4. The fourth-order valence-electron chi connectivity index (χ4n) is 3.56. The van der Waals surface area contributed by atoms with Gasteiger partial charge >= 0.3 is 0 Å². The zero-order valence-corrected chi connectivity index (χ0v) is 14.7. The summed E-state index contributed by atoms with van der Waals surface area (Å²) in [5.41, 5.74) is 8.36. The Bertz CT molecular complexity index is 721. The van der Waals surface area contributed by atoms with Gasteiger partial charge in [0.15, 0.2) is 0 Å². The van der Waals surface area contributed by atoms with E-state index in [4.69, 9.17) is 4.74 Å². The molecule has 4 rings (SSSR count). The largest absolute Gasteiger partial charge is 0.489 e. The number of hydrogen-bond acceptors (Lipinski definition) is 5. The first-order valence-corrected chi connectivity index (χ1v) is 9.24. The maximum atomic E-state index is 12.7. The molecule has 2 aliphatic rings. The number of hydrogen-bond donors (Lipinski definition) is 2. The van der Waals surface area contributed by atoms with Gasteiger partial charge in [0.1, 0.15) is 11.9 Å². The van der Waals surface area contributed by atoms with Gasteiger partial charge in [0.2, 0.25) is 0 Å². The number of carbonyl (C=O) groups is 1. The first kappa shape index (κ1) is 17.0. The molecule has 0 radical (unpaired) electrons. The molecule has 6 nitrogen and oxygen atoms in total. The predicted octanol–water partition coefficient (Wildman–Crippen LogP) is 2.30. The van der Waals surface area contributed by atoms with Gasteiger partial charge in [0, 0.05) is 50.3 Å². The number of carbonyl (C=O) groups excluding carboxylic acids is 1. The standard InChI is InChI=1S/C20H24N4O2/c25-20(16-5-3-15(4-6-16)19-7-11-22-23-19)24-12-8-17(9-13-24)26-18-2-1-10-21-14-18/h1-6,10,14,17,19,22-23H,7-9,11-13H2. The van der Waals surface area contributed by atoms with Crippen LogP contribution >= 0.6 is 0 Å². The van der Waals surface area contributed by atoms with Crippen molar-refractivity contribution < 1.29 is 9.53 Å². The summed E-state index contributed by atoms with van der Waals surface area (Å²) >= 11 is 0. The Morgan fingerprint density at radius 2 is 1.92 bits per heavy atom. The zero-order valence-electron chi connectivity index (χ0n) is 14.7. The lowest BCUT2D eigenvalue weighted by Gasteiger charge is -2.32. The summed E-state index contributed by atoms with van der Waals surface area (Å²) in [6.07, 6.45) is 6.36. The summed E-state index contributed by atoms with van der Waals surface area (Å²) in [7, 11) is 0. The van der Waals surface area contributed by atoms with Gasteiger partial charge in [0.05, 0.1) is 6.20 Å². The van der Waals surface area contributed by atoms with Crippen molar-refractivity contribution >= 4 is 5.91 Å². The molecule has 0 spiro atoms. The van der Waals surface area contributed by atoms with Crippen molar-refractivity contribution in [3.05, 3.63) is 59.9 Å². The van der Waals surface area contributed by atoms with Crippen LogP contribution in [-0.2, 0) is 0 Å². The lowest BCUT2D eigenvalue weighted by molar-refractivity contribution is 0.0595. The van der Waals surface area contributed by atoms with Crippen molar-refractivity contribution in [1.82, 2.24) is 20.7 Å². The number of nitrogens with one attached hydrogen (secondary N) is 2. The van der Waals surface area contributed by atoms with E-state index in [9.17, 15) is 4.79 Å². The lowest BCUT2D eigenvalue weighted by atomic mass is 10.0. The van der Waals surface area contributed by atoms with E-state index in [-0.39, 0.29) is 12.0 Å². The SMILES string of the molecule is O=C(c1ccc(C2CCNN2)cc1)N1CCC(Oc2cccnc2)CC1. The van der Waals surface area contributed by atoms with Crippen LogP contribution in [-0.4, -0.2) is 41.5 Å². The van der Waals surface area contributed by atoms with Gasteiger partial charge in [-0.25, -0.2) is 0 Å². The molecule has 2 saturated heterocycles. The molecule has 1 unspecified atom stereocenters. The number of likely N-dealkylation sites (tertiary alicyclic amines) is 1. The summed E-state index contributed by atoms with van der Waals surface area (Å²) < 4.78 is 5.95. The fourth-order valence-corrected chi connectivity index (χ4v) is 3.56. The van der Waals surface area contributed by atoms with Gasteiger partial charge in [-0.3, -0.25) is 20.6 Å². The van der Waals surface area contributed by atoms with Crippen LogP contribution in [0.4, 0.5) is 0 Å². The normalized spacial score (nSPS) is 20.9. The second-order valence-electron chi connectivity index (χ2n) is 6.83. The first-order chi connectivity index (χ1) is 12.8. The Kier molecular flexibility index (Phi) is 5.13. The Morgan fingerprint density at radius 3 is 2.58 bits per heavy atom. The van der Waals surface area contributed by atoms with Crippen LogP contribution in [0.15, 0.2) is 48.8 Å². The molecular weight excluding hydrogens is 328 g/mol. The Hall–Kier alpha value is -2.44. The molecule has 0 aliphatic carbocycles. The van der Waals surface area contributed by atoms with Crippen molar-refractivity contribution in [3.8, 4) is 5.75 Å². The summed E-state index contributed by atoms with van der Waals surface area (Å²) in [5, 5.41) is 0. The van der Waals surface area contributed by atoms with E-state index >= 15 is 0 Å². The third-order valence-electron chi connectivity index (χ3n) is 5.06. The van der Waals surface area contributed by atoms with E-state index in [2.05, 4.69) is 28.0 Å². The molecule has 1 amide bonds. The van der Waals surface area contributed by atoms with E-state index in [0.29, 0.717) is 6.04 Å². The topological polar surface area (TPSA) is 66.5 Å². The number of benzene rings is 1. The maximum absolute atomic E-state index is 12.7. The third kappa shape index (κ3) is 3.86. The van der Waals surface area contributed by atoms with Crippen LogP contribution in [0, 0.1) is 0 Å². The average Bonchev–Trinajstić information content (AvgIpc) is 3.24. The van der Waals surface area contributed by atoms with Crippen LogP contribution in [0.5, 0.6) is 5.75 Å². The molecule has 6 heteroatoms.